The van der Waals surface area contributed by atoms with Crippen LogP contribution < -0.4 is 0 Å². The second-order valence-corrected chi connectivity index (χ2v) is 9.79. The summed E-state index contributed by atoms with van der Waals surface area (Å²) in [5, 5.41) is 0.975. The predicted octanol–water partition coefficient (Wildman–Crippen LogP) is 4.29. The van der Waals surface area contributed by atoms with E-state index in [0.29, 0.717) is 13.2 Å². The van der Waals surface area contributed by atoms with E-state index >= 15 is 0 Å². The molecule has 0 spiro atoms. The molecule has 3 aromatic rings. The molecule has 0 N–H and O–H groups in total. The number of nitrogens with zero attached hydrogens (tertiary/aromatic N) is 3. The first-order valence-electron chi connectivity index (χ1n) is 12.0. The lowest BCUT2D eigenvalue weighted by Gasteiger charge is -2.29. The van der Waals surface area contributed by atoms with Crippen LogP contribution in [0.3, 0.4) is 0 Å². The van der Waals surface area contributed by atoms with Crippen LogP contribution in [0.15, 0.2) is 36.8 Å². The highest BCUT2D eigenvalue weighted by atomic mass is 16.8. The van der Waals surface area contributed by atoms with E-state index in [1.54, 1.807) is 6.33 Å². The first-order valence-corrected chi connectivity index (χ1v) is 12.0. The Kier molecular flexibility index (Phi) is 5.07. The molecule has 33 heavy (non-hydrogen) atoms. The lowest BCUT2D eigenvalue weighted by Crippen LogP contribution is -2.33. The highest BCUT2D eigenvalue weighted by Gasteiger charge is 2.57. The lowest BCUT2D eigenvalue weighted by atomic mass is 9.83. The molecule has 3 aliphatic rings. The van der Waals surface area contributed by atoms with Crippen molar-refractivity contribution in [2.75, 3.05) is 6.61 Å². The van der Waals surface area contributed by atoms with Crippen molar-refractivity contribution in [2.45, 2.75) is 83.4 Å². The van der Waals surface area contributed by atoms with Crippen molar-refractivity contribution >= 4 is 11.0 Å². The number of fused-ring (bicyclic) bond motifs is 3. The van der Waals surface area contributed by atoms with Crippen LogP contribution in [0.25, 0.3) is 11.0 Å². The Labute approximate surface area is 194 Å². The quantitative estimate of drug-likeness (QED) is 0.559. The number of ether oxygens (including phenoxy) is 4. The van der Waals surface area contributed by atoms with Crippen LogP contribution in [-0.4, -0.2) is 45.2 Å². The third kappa shape index (κ3) is 3.49. The largest absolute Gasteiger partial charge is 0.375 e. The summed E-state index contributed by atoms with van der Waals surface area (Å²) in [6, 6.07) is 8.89. The maximum atomic E-state index is 6.72. The van der Waals surface area contributed by atoms with Crippen molar-refractivity contribution < 1.29 is 18.9 Å². The standard InChI is InChI=1S/C26H31N3O4/c1-5-30-13-20-19-10-11-29(24(19)28-14-27-20)25-23-22(32-26(3,4)33-23)21(31-25)15(2)17-8-6-16-7-9-18(16)12-17/h6,8,10-12,14-15,21-23,25H,5,7,9,13H2,1-4H3/t15-,21-,22-,23-,25-/m1/s1. The second kappa shape index (κ2) is 7.87. The Bertz CT molecular complexity index is 1190. The number of hydrogen-bond acceptors (Lipinski definition) is 6. The van der Waals surface area contributed by atoms with E-state index in [0.717, 1.165) is 16.7 Å². The zero-order valence-corrected chi connectivity index (χ0v) is 19.7. The van der Waals surface area contributed by atoms with Gasteiger partial charge in [-0.05, 0) is 56.4 Å². The number of aryl methyl sites for hydroxylation is 2. The normalized spacial score (nSPS) is 28.5. The van der Waals surface area contributed by atoms with E-state index in [1.165, 1.54) is 29.5 Å². The van der Waals surface area contributed by atoms with Crippen molar-refractivity contribution in [2.24, 2.45) is 0 Å². The summed E-state index contributed by atoms with van der Waals surface area (Å²) in [6.07, 6.45) is 5.14. The molecule has 174 valence electrons. The van der Waals surface area contributed by atoms with Crippen LogP contribution in [-0.2, 0) is 38.4 Å². The summed E-state index contributed by atoms with van der Waals surface area (Å²) >= 11 is 0. The molecule has 0 amide bonds. The molecule has 0 unspecified atom stereocenters. The van der Waals surface area contributed by atoms with Gasteiger partial charge in [-0.25, -0.2) is 9.97 Å². The van der Waals surface area contributed by atoms with Gasteiger partial charge in [0, 0.05) is 24.1 Å². The first kappa shape index (κ1) is 21.2. The third-order valence-corrected chi connectivity index (χ3v) is 7.29. The molecule has 0 radical (unpaired) electrons. The van der Waals surface area contributed by atoms with Gasteiger partial charge in [-0.1, -0.05) is 25.1 Å². The van der Waals surface area contributed by atoms with Crippen LogP contribution in [0, 0.1) is 0 Å². The van der Waals surface area contributed by atoms with Gasteiger partial charge in [0.2, 0.25) is 0 Å². The molecule has 5 atom stereocenters. The third-order valence-electron chi connectivity index (χ3n) is 7.29. The van der Waals surface area contributed by atoms with Gasteiger partial charge < -0.3 is 23.5 Å². The van der Waals surface area contributed by atoms with Gasteiger partial charge in [0.1, 0.15) is 24.2 Å². The monoisotopic (exact) mass is 449 g/mol. The Morgan fingerprint density at radius 2 is 1.94 bits per heavy atom. The minimum Gasteiger partial charge on any atom is -0.375 e. The first-order chi connectivity index (χ1) is 15.9. The highest BCUT2D eigenvalue weighted by molar-refractivity contribution is 5.78. The van der Waals surface area contributed by atoms with E-state index < -0.39 is 5.79 Å². The van der Waals surface area contributed by atoms with Crippen molar-refractivity contribution in [3.63, 3.8) is 0 Å². The van der Waals surface area contributed by atoms with Crippen molar-refractivity contribution in [3.05, 3.63) is 59.2 Å². The molecule has 7 nitrogen and oxygen atoms in total. The highest BCUT2D eigenvalue weighted by Crippen LogP contribution is 2.47. The number of hydrogen-bond donors (Lipinski definition) is 0. The zero-order valence-electron chi connectivity index (χ0n) is 19.7. The minimum absolute atomic E-state index is 0.123. The average molecular weight is 450 g/mol. The van der Waals surface area contributed by atoms with Gasteiger partial charge in [-0.15, -0.1) is 0 Å². The SMILES string of the molecule is CCOCc1ncnc2c1ccn2[C@@H]1O[C@H]([C@H](C)c2ccc3c(c2)CC3)[C@H]2OC(C)(C)O[C@H]21. The van der Waals surface area contributed by atoms with Gasteiger partial charge in [-0.3, -0.25) is 0 Å². The van der Waals surface area contributed by atoms with E-state index in [2.05, 4.69) is 39.7 Å². The fourth-order valence-corrected chi connectivity index (χ4v) is 5.46. The van der Waals surface area contributed by atoms with Crippen LogP contribution in [0.1, 0.15) is 62.2 Å². The van der Waals surface area contributed by atoms with E-state index in [-0.39, 0.29) is 30.5 Å². The second-order valence-electron chi connectivity index (χ2n) is 9.79. The molecule has 0 bridgehead atoms. The number of aromatic nitrogens is 3. The minimum atomic E-state index is -0.659. The molecule has 2 saturated heterocycles. The lowest BCUT2D eigenvalue weighted by molar-refractivity contribution is -0.198. The Morgan fingerprint density at radius 1 is 1.12 bits per heavy atom. The maximum absolute atomic E-state index is 6.72. The van der Waals surface area contributed by atoms with Crippen LogP contribution in [0.2, 0.25) is 0 Å². The fraction of sp³-hybridized carbons (Fsp3) is 0.538. The fourth-order valence-electron chi connectivity index (χ4n) is 5.46. The summed E-state index contributed by atoms with van der Waals surface area (Å²) in [4.78, 5) is 9.01. The van der Waals surface area contributed by atoms with Gasteiger partial charge >= 0.3 is 0 Å². The molecule has 2 aliphatic heterocycles. The van der Waals surface area contributed by atoms with Crippen LogP contribution >= 0.6 is 0 Å². The van der Waals surface area contributed by atoms with Crippen molar-refractivity contribution in [1.82, 2.24) is 14.5 Å². The molecular formula is C26H31N3O4. The Balaban J connectivity index is 1.35. The number of benzene rings is 1. The maximum Gasteiger partial charge on any atom is 0.164 e. The van der Waals surface area contributed by atoms with Gasteiger partial charge in [0.05, 0.1) is 18.4 Å². The van der Waals surface area contributed by atoms with E-state index in [4.69, 9.17) is 18.9 Å². The smallest absolute Gasteiger partial charge is 0.164 e. The molecule has 2 aromatic heterocycles. The van der Waals surface area contributed by atoms with Gasteiger partial charge in [-0.2, -0.15) is 0 Å². The van der Waals surface area contributed by atoms with Gasteiger partial charge in [0.25, 0.3) is 0 Å². The molecule has 4 heterocycles. The van der Waals surface area contributed by atoms with Crippen LogP contribution in [0.4, 0.5) is 0 Å². The molecule has 1 aromatic carbocycles. The van der Waals surface area contributed by atoms with Gasteiger partial charge in [0.15, 0.2) is 12.0 Å². The molecular weight excluding hydrogens is 418 g/mol. The van der Waals surface area contributed by atoms with Crippen LogP contribution in [0.5, 0.6) is 0 Å². The number of rotatable bonds is 6. The Hall–Kier alpha value is -2.32. The average Bonchev–Trinajstić information content (AvgIpc) is 3.43. The van der Waals surface area contributed by atoms with E-state index in [9.17, 15) is 0 Å². The predicted molar refractivity (Wildman–Crippen MR) is 123 cm³/mol. The molecule has 2 fully saturated rings. The summed E-state index contributed by atoms with van der Waals surface area (Å²) in [5.74, 6) is -0.482. The van der Waals surface area contributed by atoms with Crippen molar-refractivity contribution in [3.8, 4) is 0 Å². The summed E-state index contributed by atoms with van der Waals surface area (Å²) in [6.45, 7) is 9.27. The molecule has 1 aliphatic carbocycles. The summed E-state index contributed by atoms with van der Waals surface area (Å²) in [5.41, 5.74) is 5.93. The zero-order chi connectivity index (χ0) is 22.7. The summed E-state index contributed by atoms with van der Waals surface area (Å²) in [7, 11) is 0. The Morgan fingerprint density at radius 3 is 2.70 bits per heavy atom. The topological polar surface area (TPSA) is 67.6 Å². The molecule has 7 heteroatoms. The van der Waals surface area contributed by atoms with Crippen molar-refractivity contribution in [1.29, 1.82) is 0 Å². The summed E-state index contributed by atoms with van der Waals surface area (Å²) < 4.78 is 27.2. The van der Waals surface area contributed by atoms with E-state index in [1.807, 2.05) is 33.0 Å². The molecule has 0 saturated carbocycles. The molecule has 6 rings (SSSR count).